The van der Waals surface area contributed by atoms with Crippen molar-refractivity contribution in [3.05, 3.63) is 23.7 Å². The maximum atomic E-state index is 11.7. The van der Waals surface area contributed by atoms with E-state index in [1.807, 2.05) is 6.07 Å². The third-order valence-electron chi connectivity index (χ3n) is 4.46. The standard InChI is InChI=1S/C18H25N7O2S/c1-18(2,3)11-7-13(28-25-11)24-17-14(16(20)27)21-8-12(23-17)22-10(15(19)26)6-9-4-5-9/h7-10H,4-6H2,1-3H3,(H2,19,26)(H2,20,27)(H2,22,23,24)/t10-/m1/s1. The molecular formula is C18H25N7O2S. The fourth-order valence-electron chi connectivity index (χ4n) is 2.64. The number of nitrogens with two attached hydrogens (primary N) is 2. The Morgan fingerprint density at radius 2 is 2.04 bits per heavy atom. The lowest BCUT2D eigenvalue weighted by Crippen LogP contribution is -2.36. The molecule has 0 radical (unpaired) electrons. The van der Waals surface area contributed by atoms with Crippen molar-refractivity contribution < 1.29 is 9.59 Å². The van der Waals surface area contributed by atoms with Crippen LogP contribution in [0.2, 0.25) is 0 Å². The molecule has 0 bridgehead atoms. The van der Waals surface area contributed by atoms with Gasteiger partial charge in [-0.1, -0.05) is 33.6 Å². The van der Waals surface area contributed by atoms with Gasteiger partial charge in [-0.3, -0.25) is 9.59 Å². The van der Waals surface area contributed by atoms with Gasteiger partial charge in [-0.15, -0.1) is 0 Å². The van der Waals surface area contributed by atoms with Crippen molar-refractivity contribution in [1.29, 1.82) is 0 Å². The molecule has 0 aromatic carbocycles. The molecule has 28 heavy (non-hydrogen) atoms. The van der Waals surface area contributed by atoms with E-state index in [0.717, 1.165) is 18.5 Å². The lowest BCUT2D eigenvalue weighted by molar-refractivity contribution is -0.118. The first-order valence-electron chi connectivity index (χ1n) is 9.10. The van der Waals surface area contributed by atoms with E-state index in [1.54, 1.807) is 0 Å². The molecule has 1 atom stereocenters. The van der Waals surface area contributed by atoms with Gasteiger partial charge >= 0.3 is 0 Å². The molecule has 9 nitrogen and oxygen atoms in total. The van der Waals surface area contributed by atoms with Crippen LogP contribution in [0.25, 0.3) is 0 Å². The summed E-state index contributed by atoms with van der Waals surface area (Å²) in [6, 6.07) is 1.36. The number of rotatable bonds is 8. The minimum Gasteiger partial charge on any atom is -0.368 e. The number of carbonyl (C=O) groups is 2. The SMILES string of the molecule is CC(C)(C)c1cc(Nc2nc(N[C@H](CC3CC3)C(N)=O)cnc2C(N)=O)sn1. The lowest BCUT2D eigenvalue weighted by Gasteiger charge is -2.16. The third kappa shape index (κ3) is 4.94. The number of nitrogens with zero attached hydrogens (tertiary/aromatic N) is 3. The monoisotopic (exact) mass is 403 g/mol. The molecule has 0 aliphatic heterocycles. The molecule has 2 aromatic heterocycles. The molecule has 2 aromatic rings. The minimum absolute atomic E-state index is 0.00840. The molecule has 0 saturated heterocycles. The summed E-state index contributed by atoms with van der Waals surface area (Å²) in [4.78, 5) is 32.0. The van der Waals surface area contributed by atoms with Crippen molar-refractivity contribution in [2.75, 3.05) is 10.6 Å². The maximum Gasteiger partial charge on any atom is 0.271 e. The molecule has 1 saturated carbocycles. The van der Waals surface area contributed by atoms with E-state index >= 15 is 0 Å². The minimum atomic E-state index is -0.702. The zero-order valence-corrected chi connectivity index (χ0v) is 17.0. The Labute approximate surface area is 167 Å². The van der Waals surface area contributed by atoms with Crippen LogP contribution in [0, 0.1) is 5.92 Å². The van der Waals surface area contributed by atoms with Crippen molar-refractivity contribution in [2.45, 2.75) is 51.5 Å². The molecule has 0 spiro atoms. The molecular weight excluding hydrogens is 378 g/mol. The van der Waals surface area contributed by atoms with Gasteiger partial charge in [0.25, 0.3) is 5.91 Å². The van der Waals surface area contributed by atoms with Crippen molar-refractivity contribution in [1.82, 2.24) is 14.3 Å². The summed E-state index contributed by atoms with van der Waals surface area (Å²) in [5.74, 6) is -0.0896. The van der Waals surface area contributed by atoms with E-state index < -0.39 is 17.9 Å². The van der Waals surface area contributed by atoms with Crippen molar-refractivity contribution in [2.24, 2.45) is 17.4 Å². The van der Waals surface area contributed by atoms with Gasteiger partial charge in [0.2, 0.25) is 5.91 Å². The first-order valence-corrected chi connectivity index (χ1v) is 9.87. The highest BCUT2D eigenvalue weighted by atomic mass is 32.1. The van der Waals surface area contributed by atoms with Gasteiger partial charge in [0, 0.05) is 5.41 Å². The number of amides is 2. The smallest absolute Gasteiger partial charge is 0.271 e. The normalized spacial score (nSPS) is 15.1. The van der Waals surface area contributed by atoms with Crippen LogP contribution in [-0.4, -0.2) is 32.2 Å². The Kier molecular flexibility index (Phi) is 5.50. The van der Waals surface area contributed by atoms with Crippen molar-refractivity contribution >= 4 is 40.0 Å². The fourth-order valence-corrected chi connectivity index (χ4v) is 3.47. The summed E-state index contributed by atoms with van der Waals surface area (Å²) in [5.41, 5.74) is 11.8. The van der Waals surface area contributed by atoms with Gasteiger partial charge < -0.3 is 22.1 Å². The van der Waals surface area contributed by atoms with E-state index in [1.165, 1.54) is 17.7 Å². The van der Waals surface area contributed by atoms with Crippen LogP contribution in [0.5, 0.6) is 0 Å². The average Bonchev–Trinajstić information content (AvgIpc) is 3.28. The largest absolute Gasteiger partial charge is 0.368 e. The van der Waals surface area contributed by atoms with Gasteiger partial charge in [-0.2, -0.15) is 4.37 Å². The molecule has 6 N–H and O–H groups in total. The zero-order chi connectivity index (χ0) is 20.5. The van der Waals surface area contributed by atoms with E-state index in [2.05, 4.69) is 45.7 Å². The number of primary amides is 2. The van der Waals surface area contributed by atoms with E-state index in [9.17, 15) is 9.59 Å². The Balaban J connectivity index is 1.83. The van der Waals surface area contributed by atoms with Gasteiger partial charge in [-0.25, -0.2) is 9.97 Å². The number of nitrogens with one attached hydrogen (secondary N) is 2. The molecule has 0 unspecified atom stereocenters. The molecule has 3 rings (SSSR count). The predicted octanol–water partition coefficient (Wildman–Crippen LogP) is 2.14. The molecule has 150 valence electrons. The second-order valence-electron chi connectivity index (χ2n) is 8.05. The molecule has 1 fully saturated rings. The Bertz CT molecular complexity index is 886. The van der Waals surface area contributed by atoms with Crippen LogP contribution in [0.3, 0.4) is 0 Å². The van der Waals surface area contributed by atoms with Crippen LogP contribution in [0.4, 0.5) is 16.6 Å². The average molecular weight is 404 g/mol. The van der Waals surface area contributed by atoms with Crippen LogP contribution in [-0.2, 0) is 10.2 Å². The molecule has 10 heteroatoms. The van der Waals surface area contributed by atoms with Crippen molar-refractivity contribution in [3.63, 3.8) is 0 Å². The van der Waals surface area contributed by atoms with Crippen molar-refractivity contribution in [3.8, 4) is 0 Å². The van der Waals surface area contributed by atoms with Gasteiger partial charge in [0.1, 0.15) is 16.9 Å². The molecule has 1 aliphatic carbocycles. The molecule has 2 heterocycles. The zero-order valence-electron chi connectivity index (χ0n) is 16.2. The van der Waals surface area contributed by atoms with E-state index in [-0.39, 0.29) is 16.9 Å². The van der Waals surface area contributed by atoms with Crippen LogP contribution in [0.15, 0.2) is 12.3 Å². The number of aromatic nitrogens is 3. The molecule has 2 amide bonds. The summed E-state index contributed by atoms with van der Waals surface area (Å²) in [6.07, 6.45) is 4.24. The second-order valence-corrected chi connectivity index (χ2v) is 8.85. The number of anilines is 3. The van der Waals surface area contributed by atoms with E-state index in [0.29, 0.717) is 23.2 Å². The number of hydrogen-bond acceptors (Lipinski definition) is 8. The predicted molar refractivity (Wildman–Crippen MR) is 109 cm³/mol. The van der Waals surface area contributed by atoms with Crippen LogP contribution in [0.1, 0.15) is 56.2 Å². The van der Waals surface area contributed by atoms with Crippen LogP contribution >= 0.6 is 11.5 Å². The van der Waals surface area contributed by atoms with Crippen LogP contribution < -0.4 is 22.1 Å². The first kappa shape index (κ1) is 20.0. The Morgan fingerprint density at radius 1 is 1.32 bits per heavy atom. The summed E-state index contributed by atoms with van der Waals surface area (Å²) in [7, 11) is 0. The summed E-state index contributed by atoms with van der Waals surface area (Å²) < 4.78 is 4.43. The number of hydrogen-bond donors (Lipinski definition) is 4. The summed E-state index contributed by atoms with van der Waals surface area (Å²) in [5, 5.41) is 6.80. The molecule has 1 aliphatic rings. The summed E-state index contributed by atoms with van der Waals surface area (Å²) in [6.45, 7) is 6.19. The Hall–Kier alpha value is -2.75. The topological polar surface area (TPSA) is 149 Å². The van der Waals surface area contributed by atoms with Gasteiger partial charge in [0.15, 0.2) is 11.5 Å². The van der Waals surface area contributed by atoms with E-state index in [4.69, 9.17) is 11.5 Å². The highest BCUT2D eigenvalue weighted by molar-refractivity contribution is 7.10. The second kappa shape index (κ2) is 7.70. The lowest BCUT2D eigenvalue weighted by atomic mass is 9.92. The highest BCUT2D eigenvalue weighted by Gasteiger charge is 2.29. The van der Waals surface area contributed by atoms with Gasteiger partial charge in [-0.05, 0) is 29.9 Å². The Morgan fingerprint density at radius 3 is 2.57 bits per heavy atom. The van der Waals surface area contributed by atoms with Gasteiger partial charge in [0.05, 0.1) is 11.9 Å². The quantitative estimate of drug-likeness (QED) is 0.527. The number of carbonyl (C=O) groups excluding carboxylic acids is 2. The summed E-state index contributed by atoms with van der Waals surface area (Å²) >= 11 is 1.26. The first-order chi connectivity index (χ1) is 13.1. The highest BCUT2D eigenvalue weighted by Crippen LogP contribution is 2.34. The maximum absolute atomic E-state index is 11.7. The fraction of sp³-hybridized carbons (Fsp3) is 0.500. The third-order valence-corrected chi connectivity index (χ3v) is 5.16.